The normalized spacial score (nSPS) is 18.5. The van der Waals surface area contributed by atoms with Crippen LogP contribution in [0.2, 0.25) is 0 Å². The molecule has 0 bridgehead atoms. The lowest BCUT2D eigenvalue weighted by Crippen LogP contribution is -2.37. The molecule has 2 rings (SSSR count). The van der Waals surface area contributed by atoms with Gasteiger partial charge in [0.15, 0.2) is 0 Å². The Balaban J connectivity index is 1.71. The number of aromatic nitrogens is 1. The zero-order valence-electron chi connectivity index (χ0n) is 10.9. The quantitative estimate of drug-likeness (QED) is 0.842. The van der Waals surface area contributed by atoms with Gasteiger partial charge in [-0.25, -0.2) is 0 Å². The van der Waals surface area contributed by atoms with E-state index in [2.05, 4.69) is 34.3 Å². The van der Waals surface area contributed by atoms with Gasteiger partial charge in [0.05, 0.1) is 0 Å². The van der Waals surface area contributed by atoms with Gasteiger partial charge in [0.25, 0.3) is 0 Å². The van der Waals surface area contributed by atoms with Crippen LogP contribution in [-0.2, 0) is 6.54 Å². The van der Waals surface area contributed by atoms with Crippen molar-refractivity contribution >= 4 is 0 Å². The molecular formula is C14H23N3. The van der Waals surface area contributed by atoms with Crippen molar-refractivity contribution in [2.24, 2.45) is 0 Å². The molecule has 0 amide bonds. The van der Waals surface area contributed by atoms with Gasteiger partial charge in [-0.3, -0.25) is 4.98 Å². The van der Waals surface area contributed by atoms with Crippen LogP contribution < -0.4 is 5.32 Å². The Labute approximate surface area is 104 Å². The van der Waals surface area contributed by atoms with Gasteiger partial charge >= 0.3 is 0 Å². The van der Waals surface area contributed by atoms with Gasteiger partial charge in [-0.1, -0.05) is 6.07 Å². The Morgan fingerprint density at radius 1 is 1.35 bits per heavy atom. The van der Waals surface area contributed by atoms with Crippen LogP contribution in [0.1, 0.15) is 31.0 Å². The molecule has 1 aromatic rings. The van der Waals surface area contributed by atoms with E-state index in [0.29, 0.717) is 6.04 Å². The molecule has 1 aliphatic rings. The summed E-state index contributed by atoms with van der Waals surface area (Å²) in [7, 11) is 0. The highest BCUT2D eigenvalue weighted by Crippen LogP contribution is 2.07. The van der Waals surface area contributed by atoms with Crippen molar-refractivity contribution in [1.29, 1.82) is 0 Å². The van der Waals surface area contributed by atoms with E-state index in [4.69, 9.17) is 0 Å². The van der Waals surface area contributed by atoms with E-state index in [1.165, 1.54) is 38.0 Å². The minimum atomic E-state index is 0.550. The minimum absolute atomic E-state index is 0.550. The molecule has 0 spiro atoms. The Morgan fingerprint density at radius 2 is 2.12 bits per heavy atom. The average molecular weight is 233 g/mol. The maximum Gasteiger partial charge on any atom is 0.0372 e. The summed E-state index contributed by atoms with van der Waals surface area (Å²) in [5.74, 6) is 0. The van der Waals surface area contributed by atoms with Crippen molar-refractivity contribution in [2.75, 3.05) is 19.6 Å². The fraction of sp³-hybridized carbons (Fsp3) is 0.643. The second-order valence-corrected chi connectivity index (χ2v) is 5.10. The monoisotopic (exact) mass is 233 g/mol. The first kappa shape index (κ1) is 12.5. The molecule has 1 aromatic heterocycles. The van der Waals surface area contributed by atoms with Crippen LogP contribution in [0.25, 0.3) is 0 Å². The van der Waals surface area contributed by atoms with Crippen molar-refractivity contribution in [3.8, 4) is 0 Å². The summed E-state index contributed by atoms with van der Waals surface area (Å²) in [5.41, 5.74) is 2.35. The number of likely N-dealkylation sites (tertiary alicyclic amines) is 1. The molecular weight excluding hydrogens is 210 g/mol. The first-order valence-corrected chi connectivity index (χ1v) is 6.61. The Bertz CT molecular complexity index is 328. The summed E-state index contributed by atoms with van der Waals surface area (Å²) >= 11 is 0. The molecule has 1 aliphatic heterocycles. The minimum Gasteiger partial charge on any atom is -0.309 e. The zero-order valence-corrected chi connectivity index (χ0v) is 10.9. The van der Waals surface area contributed by atoms with Gasteiger partial charge in [-0.2, -0.15) is 0 Å². The fourth-order valence-electron chi connectivity index (χ4n) is 2.31. The maximum absolute atomic E-state index is 4.31. The Morgan fingerprint density at radius 3 is 2.76 bits per heavy atom. The number of rotatable bonds is 5. The van der Waals surface area contributed by atoms with Gasteiger partial charge in [-0.05, 0) is 51.4 Å². The van der Waals surface area contributed by atoms with E-state index >= 15 is 0 Å². The highest BCUT2D eigenvalue weighted by molar-refractivity contribution is 5.12. The molecule has 0 aliphatic carbocycles. The summed E-state index contributed by atoms with van der Waals surface area (Å²) in [5, 5.41) is 3.56. The maximum atomic E-state index is 4.31. The summed E-state index contributed by atoms with van der Waals surface area (Å²) in [6.07, 6.45) is 4.70. The molecule has 0 aromatic carbocycles. The standard InChI is InChI=1S/C14H23N3/c1-12-5-6-14(9-15-12)10-16-13(2)11-17-7-3-4-8-17/h5-6,9,13,16H,3-4,7-8,10-11H2,1-2H3. The van der Waals surface area contributed by atoms with E-state index < -0.39 is 0 Å². The first-order chi connectivity index (χ1) is 8.24. The molecule has 1 N–H and O–H groups in total. The smallest absolute Gasteiger partial charge is 0.0372 e. The summed E-state index contributed by atoms with van der Waals surface area (Å²) in [6, 6.07) is 4.77. The van der Waals surface area contributed by atoms with Crippen LogP contribution in [0.3, 0.4) is 0 Å². The van der Waals surface area contributed by atoms with E-state index in [9.17, 15) is 0 Å². The van der Waals surface area contributed by atoms with Crippen molar-refractivity contribution < 1.29 is 0 Å². The van der Waals surface area contributed by atoms with Gasteiger partial charge in [0, 0.05) is 31.0 Å². The van der Waals surface area contributed by atoms with E-state index in [1.807, 2.05) is 13.1 Å². The van der Waals surface area contributed by atoms with E-state index in [0.717, 1.165) is 12.2 Å². The van der Waals surface area contributed by atoms with Crippen molar-refractivity contribution in [1.82, 2.24) is 15.2 Å². The van der Waals surface area contributed by atoms with Gasteiger partial charge in [-0.15, -0.1) is 0 Å². The predicted octanol–water partition coefficient (Wildman–Crippen LogP) is 1.96. The fourth-order valence-corrected chi connectivity index (χ4v) is 2.31. The number of pyridine rings is 1. The first-order valence-electron chi connectivity index (χ1n) is 6.61. The molecule has 0 radical (unpaired) electrons. The summed E-state index contributed by atoms with van der Waals surface area (Å²) in [6.45, 7) is 8.92. The highest BCUT2D eigenvalue weighted by atomic mass is 15.2. The largest absolute Gasteiger partial charge is 0.309 e. The lowest BCUT2D eigenvalue weighted by molar-refractivity contribution is 0.298. The van der Waals surface area contributed by atoms with Crippen LogP contribution in [0.4, 0.5) is 0 Å². The SMILES string of the molecule is Cc1ccc(CNC(C)CN2CCCC2)cn1. The Kier molecular flexibility index (Phi) is 4.51. The Hall–Kier alpha value is -0.930. The third-order valence-corrected chi connectivity index (χ3v) is 3.36. The predicted molar refractivity (Wildman–Crippen MR) is 70.9 cm³/mol. The molecule has 1 atom stereocenters. The summed E-state index contributed by atoms with van der Waals surface area (Å²) in [4.78, 5) is 6.86. The second-order valence-electron chi connectivity index (χ2n) is 5.10. The molecule has 0 saturated carbocycles. The molecule has 3 nitrogen and oxygen atoms in total. The molecule has 3 heteroatoms. The number of nitrogens with one attached hydrogen (secondary N) is 1. The van der Waals surface area contributed by atoms with E-state index in [1.54, 1.807) is 0 Å². The number of nitrogens with zero attached hydrogens (tertiary/aromatic N) is 2. The van der Waals surface area contributed by atoms with E-state index in [-0.39, 0.29) is 0 Å². The van der Waals surface area contributed by atoms with Crippen LogP contribution in [0.15, 0.2) is 18.3 Å². The van der Waals surface area contributed by atoms with Crippen molar-refractivity contribution in [2.45, 2.75) is 39.3 Å². The lowest BCUT2D eigenvalue weighted by Gasteiger charge is -2.21. The number of aryl methyl sites for hydroxylation is 1. The molecule has 2 heterocycles. The second kappa shape index (κ2) is 6.12. The van der Waals surface area contributed by atoms with Crippen LogP contribution in [-0.4, -0.2) is 35.6 Å². The molecule has 94 valence electrons. The van der Waals surface area contributed by atoms with Crippen molar-refractivity contribution in [3.63, 3.8) is 0 Å². The van der Waals surface area contributed by atoms with Crippen LogP contribution in [0.5, 0.6) is 0 Å². The molecule has 1 unspecified atom stereocenters. The molecule has 17 heavy (non-hydrogen) atoms. The van der Waals surface area contributed by atoms with Crippen LogP contribution in [0, 0.1) is 6.92 Å². The number of hydrogen-bond acceptors (Lipinski definition) is 3. The number of hydrogen-bond donors (Lipinski definition) is 1. The van der Waals surface area contributed by atoms with Crippen molar-refractivity contribution in [3.05, 3.63) is 29.6 Å². The summed E-state index contributed by atoms with van der Waals surface area (Å²) < 4.78 is 0. The van der Waals surface area contributed by atoms with Gasteiger partial charge in [0.2, 0.25) is 0 Å². The third-order valence-electron chi connectivity index (χ3n) is 3.36. The average Bonchev–Trinajstić information content (AvgIpc) is 2.81. The van der Waals surface area contributed by atoms with Crippen LogP contribution >= 0.6 is 0 Å². The molecule has 1 saturated heterocycles. The molecule has 1 fully saturated rings. The van der Waals surface area contributed by atoms with Gasteiger partial charge in [0.1, 0.15) is 0 Å². The van der Waals surface area contributed by atoms with Gasteiger partial charge < -0.3 is 10.2 Å². The third kappa shape index (κ3) is 4.10. The highest BCUT2D eigenvalue weighted by Gasteiger charge is 2.13. The zero-order chi connectivity index (χ0) is 12.1. The topological polar surface area (TPSA) is 28.2 Å². The lowest BCUT2D eigenvalue weighted by atomic mass is 10.2.